The topological polar surface area (TPSA) is 97.0 Å². The summed E-state index contributed by atoms with van der Waals surface area (Å²) >= 11 is 0. The number of fused-ring (bicyclic) bond motifs is 2. The van der Waals surface area contributed by atoms with Gasteiger partial charge in [0.2, 0.25) is 5.91 Å². The van der Waals surface area contributed by atoms with Crippen LogP contribution >= 0.6 is 0 Å². The van der Waals surface area contributed by atoms with Gasteiger partial charge in [0.05, 0.1) is 24.1 Å². The normalized spacial score (nSPS) is 20.7. The fraction of sp³-hybridized carbons (Fsp3) is 0.276. The first-order valence-corrected chi connectivity index (χ1v) is 12.5. The predicted molar refractivity (Wildman–Crippen MR) is 140 cm³/mol. The van der Waals surface area contributed by atoms with Crippen LogP contribution in [0.25, 0.3) is 0 Å². The van der Waals surface area contributed by atoms with Crippen molar-refractivity contribution in [1.82, 2.24) is 4.90 Å². The predicted octanol–water partition coefficient (Wildman–Crippen LogP) is 4.49. The van der Waals surface area contributed by atoms with Crippen LogP contribution in [0.3, 0.4) is 0 Å². The van der Waals surface area contributed by atoms with E-state index in [2.05, 4.69) is 10.6 Å². The minimum atomic E-state index is -0.510. The lowest BCUT2D eigenvalue weighted by Gasteiger charge is -2.42. The molecule has 0 unspecified atom stereocenters. The summed E-state index contributed by atoms with van der Waals surface area (Å²) in [5.74, 6) is -1.02. The molecule has 2 aliphatic heterocycles. The van der Waals surface area contributed by atoms with Gasteiger partial charge in [-0.1, -0.05) is 24.3 Å². The summed E-state index contributed by atoms with van der Waals surface area (Å²) in [4.78, 5) is 40.1. The van der Waals surface area contributed by atoms with Crippen molar-refractivity contribution in [2.45, 2.75) is 37.5 Å². The summed E-state index contributed by atoms with van der Waals surface area (Å²) in [5.41, 5.74) is 1.61. The van der Waals surface area contributed by atoms with Crippen LogP contribution in [-0.2, 0) is 9.53 Å². The number of nitrogens with one attached hydrogen (secondary N) is 2. The molecule has 3 aromatic carbocycles. The number of amides is 3. The van der Waals surface area contributed by atoms with E-state index in [1.165, 1.54) is 18.2 Å². The molecular weight excluding hydrogens is 489 g/mol. The van der Waals surface area contributed by atoms with Crippen LogP contribution in [0, 0.1) is 5.82 Å². The van der Waals surface area contributed by atoms with E-state index in [0.717, 1.165) is 11.8 Å². The molecule has 3 amide bonds. The molecule has 3 atom stereocenters. The molecule has 8 nitrogen and oxygen atoms in total. The minimum absolute atomic E-state index is 0.131. The zero-order chi connectivity index (χ0) is 26.6. The molecule has 0 aliphatic carbocycles. The second-order valence-electron chi connectivity index (χ2n) is 9.46. The Morgan fingerprint density at radius 2 is 1.79 bits per heavy atom. The Morgan fingerprint density at radius 1 is 0.974 bits per heavy atom. The Kier molecular flexibility index (Phi) is 7.37. The largest absolute Gasteiger partial charge is 0.490 e. The van der Waals surface area contributed by atoms with Crippen LogP contribution in [0.15, 0.2) is 72.8 Å². The van der Waals surface area contributed by atoms with Crippen LogP contribution in [0.5, 0.6) is 5.75 Å². The summed E-state index contributed by atoms with van der Waals surface area (Å²) in [6.45, 7) is 0.209. The molecule has 0 spiro atoms. The molecule has 38 heavy (non-hydrogen) atoms. The molecule has 1 fully saturated rings. The average Bonchev–Trinajstić information content (AvgIpc) is 2.91. The zero-order valence-corrected chi connectivity index (χ0v) is 20.9. The van der Waals surface area contributed by atoms with Crippen molar-refractivity contribution >= 4 is 29.1 Å². The maximum atomic E-state index is 13.5. The van der Waals surface area contributed by atoms with Crippen molar-refractivity contribution < 1.29 is 28.2 Å². The van der Waals surface area contributed by atoms with E-state index in [4.69, 9.17) is 9.47 Å². The molecule has 5 rings (SSSR count). The lowest BCUT2D eigenvalue weighted by molar-refractivity contribution is -0.130. The first-order chi connectivity index (χ1) is 18.4. The average molecular weight is 518 g/mol. The lowest BCUT2D eigenvalue weighted by Crippen LogP contribution is -2.53. The fourth-order valence-electron chi connectivity index (χ4n) is 4.88. The van der Waals surface area contributed by atoms with Gasteiger partial charge in [-0.15, -0.1) is 0 Å². The van der Waals surface area contributed by atoms with Gasteiger partial charge in [-0.2, -0.15) is 0 Å². The highest BCUT2D eigenvalue weighted by Crippen LogP contribution is 2.32. The lowest BCUT2D eigenvalue weighted by atomic mass is 9.94. The number of rotatable bonds is 5. The Labute approximate surface area is 219 Å². The maximum absolute atomic E-state index is 13.5. The van der Waals surface area contributed by atoms with Crippen LogP contribution in [0.1, 0.15) is 40.0 Å². The third kappa shape index (κ3) is 5.68. The van der Waals surface area contributed by atoms with E-state index in [9.17, 15) is 18.8 Å². The van der Waals surface area contributed by atoms with Crippen molar-refractivity contribution in [3.05, 3.63) is 89.7 Å². The first-order valence-electron chi connectivity index (χ1n) is 12.5. The second-order valence-corrected chi connectivity index (χ2v) is 9.46. The van der Waals surface area contributed by atoms with Gasteiger partial charge >= 0.3 is 0 Å². The number of hydrogen-bond acceptors (Lipinski definition) is 5. The molecule has 0 aromatic heterocycles. The number of ether oxygens (including phenoxy) is 2. The number of halogens is 1. The second kappa shape index (κ2) is 11.0. The molecular formula is C29H28FN3O5. The SMILES string of the molecule is CN1C(=O)c2cc(NC(=O)c3cccc(F)c3)ccc2OC[C@H]2O[C@H](CC(=O)Nc3ccccc3)CC[C@@H]21. The Bertz CT molecular complexity index is 1350. The summed E-state index contributed by atoms with van der Waals surface area (Å²) in [7, 11) is 1.72. The van der Waals surface area contributed by atoms with E-state index >= 15 is 0 Å². The van der Waals surface area contributed by atoms with Crippen molar-refractivity contribution in [1.29, 1.82) is 0 Å². The summed E-state index contributed by atoms with van der Waals surface area (Å²) in [6.07, 6.45) is 0.808. The van der Waals surface area contributed by atoms with E-state index in [-0.39, 0.29) is 42.6 Å². The van der Waals surface area contributed by atoms with Crippen molar-refractivity contribution in [2.75, 3.05) is 24.3 Å². The molecule has 1 saturated heterocycles. The van der Waals surface area contributed by atoms with Crippen LogP contribution < -0.4 is 15.4 Å². The first kappa shape index (κ1) is 25.4. The van der Waals surface area contributed by atoms with Crippen molar-refractivity contribution in [3.63, 3.8) is 0 Å². The molecule has 2 heterocycles. The Hall–Kier alpha value is -4.24. The third-order valence-electron chi connectivity index (χ3n) is 6.83. The Balaban J connectivity index is 1.26. The van der Waals surface area contributed by atoms with Crippen molar-refractivity contribution in [3.8, 4) is 5.75 Å². The van der Waals surface area contributed by atoms with Gasteiger partial charge in [-0.3, -0.25) is 14.4 Å². The van der Waals surface area contributed by atoms with Crippen LogP contribution in [0.4, 0.5) is 15.8 Å². The molecule has 0 radical (unpaired) electrons. The number of para-hydroxylation sites is 1. The van der Waals surface area contributed by atoms with Crippen molar-refractivity contribution in [2.24, 2.45) is 0 Å². The summed E-state index contributed by atoms with van der Waals surface area (Å²) < 4.78 is 25.7. The number of benzene rings is 3. The fourth-order valence-corrected chi connectivity index (χ4v) is 4.88. The van der Waals surface area contributed by atoms with Gasteiger partial charge in [-0.05, 0) is 61.4 Å². The minimum Gasteiger partial charge on any atom is -0.490 e. The van der Waals surface area contributed by atoms with E-state index in [0.29, 0.717) is 29.8 Å². The van der Waals surface area contributed by atoms with E-state index in [1.807, 2.05) is 30.3 Å². The molecule has 2 N–H and O–H groups in total. The number of hydrogen-bond donors (Lipinski definition) is 2. The number of nitrogens with zero attached hydrogens (tertiary/aromatic N) is 1. The standard InChI is InChI=1S/C29H28FN3O5/c1-33-24-12-11-22(16-27(34)31-20-8-3-2-4-9-20)38-26(24)17-37-25-13-10-21(15-23(25)29(33)36)32-28(35)18-6-5-7-19(30)14-18/h2-10,13-15,22,24,26H,11-12,16-17H2,1H3,(H,31,34)(H,32,35)/t22-,24-,26+/m0/s1. The van der Waals surface area contributed by atoms with Crippen LogP contribution in [0.2, 0.25) is 0 Å². The number of likely N-dealkylation sites (N-methyl/N-ethyl adjacent to an activating group) is 1. The molecule has 2 aliphatic rings. The number of carbonyl (C=O) groups excluding carboxylic acids is 3. The smallest absolute Gasteiger partial charge is 0.257 e. The van der Waals surface area contributed by atoms with Gasteiger partial charge in [0, 0.05) is 24.0 Å². The molecule has 0 bridgehead atoms. The number of carbonyl (C=O) groups is 3. The quantitative estimate of drug-likeness (QED) is 0.520. The van der Waals surface area contributed by atoms with Gasteiger partial charge in [0.25, 0.3) is 11.8 Å². The highest BCUT2D eigenvalue weighted by molar-refractivity contribution is 6.05. The number of anilines is 2. The van der Waals surface area contributed by atoms with Crippen LogP contribution in [-0.4, -0.2) is 54.5 Å². The summed E-state index contributed by atoms with van der Waals surface area (Å²) in [5, 5.41) is 5.59. The Morgan fingerprint density at radius 3 is 2.58 bits per heavy atom. The monoisotopic (exact) mass is 517 g/mol. The van der Waals surface area contributed by atoms with Gasteiger partial charge in [-0.25, -0.2) is 4.39 Å². The van der Waals surface area contributed by atoms with Gasteiger partial charge in [0.1, 0.15) is 24.3 Å². The molecule has 0 saturated carbocycles. The van der Waals surface area contributed by atoms with E-state index in [1.54, 1.807) is 30.1 Å². The van der Waals surface area contributed by atoms with E-state index < -0.39 is 17.8 Å². The highest BCUT2D eigenvalue weighted by Gasteiger charge is 2.39. The molecule has 196 valence electrons. The molecule has 3 aromatic rings. The molecule has 9 heteroatoms. The van der Waals surface area contributed by atoms with Gasteiger partial charge < -0.3 is 25.0 Å². The summed E-state index contributed by atoms with van der Waals surface area (Å²) in [6, 6.07) is 19.2. The zero-order valence-electron chi connectivity index (χ0n) is 20.9. The third-order valence-corrected chi connectivity index (χ3v) is 6.83. The maximum Gasteiger partial charge on any atom is 0.257 e. The van der Waals surface area contributed by atoms with Gasteiger partial charge in [0.15, 0.2) is 0 Å². The highest BCUT2D eigenvalue weighted by atomic mass is 19.1.